The number of alkyl halides is 3. The van der Waals surface area contributed by atoms with Gasteiger partial charge in [0.1, 0.15) is 5.82 Å². The fourth-order valence-electron chi connectivity index (χ4n) is 4.68. The van der Waals surface area contributed by atoms with Gasteiger partial charge in [0.25, 0.3) is 0 Å². The van der Waals surface area contributed by atoms with Crippen molar-refractivity contribution >= 4 is 10.8 Å². The number of rotatable bonds is 4. The third-order valence-electron chi connectivity index (χ3n) is 6.63. The van der Waals surface area contributed by atoms with Gasteiger partial charge >= 0.3 is 6.18 Å². The SMILES string of the molecule is C=CCCC1CCC(c2ccc3c(F)c(C#Cc4ccc(C(F)(F)F)cc4)ccc3c2)CC1. The molecule has 1 aliphatic rings. The number of hydrogen-bond acceptors (Lipinski definition) is 0. The number of hydrogen-bond donors (Lipinski definition) is 0. The molecule has 33 heavy (non-hydrogen) atoms. The Balaban J connectivity index is 1.50. The van der Waals surface area contributed by atoms with Crippen molar-refractivity contribution in [2.24, 2.45) is 5.92 Å². The Morgan fingerprint density at radius 1 is 0.909 bits per heavy atom. The van der Waals surface area contributed by atoms with Crippen LogP contribution in [0.15, 0.2) is 67.3 Å². The van der Waals surface area contributed by atoms with E-state index in [-0.39, 0.29) is 5.56 Å². The molecule has 0 heterocycles. The van der Waals surface area contributed by atoms with Crippen molar-refractivity contribution in [1.29, 1.82) is 0 Å². The standard InChI is InChI=1S/C29H26F4/c1-2-3-4-20-5-10-22(11-6-20)24-15-18-27-25(19-24)14-13-23(28(27)30)12-7-21-8-16-26(17-9-21)29(31,32)33/h2,8-9,13-20,22H,1,3-6,10-11H2. The van der Waals surface area contributed by atoms with Gasteiger partial charge in [-0.15, -0.1) is 6.58 Å². The monoisotopic (exact) mass is 450 g/mol. The van der Waals surface area contributed by atoms with E-state index < -0.39 is 17.6 Å². The van der Waals surface area contributed by atoms with Gasteiger partial charge in [-0.2, -0.15) is 13.2 Å². The molecule has 1 aliphatic carbocycles. The quantitative estimate of drug-likeness (QED) is 0.212. The first kappa shape index (κ1) is 23.1. The molecule has 0 saturated heterocycles. The van der Waals surface area contributed by atoms with Crippen LogP contribution in [-0.4, -0.2) is 0 Å². The van der Waals surface area contributed by atoms with Gasteiger partial charge in [0.15, 0.2) is 0 Å². The summed E-state index contributed by atoms with van der Waals surface area (Å²) in [5.74, 6) is 6.42. The number of halogens is 4. The van der Waals surface area contributed by atoms with Crippen LogP contribution in [0.3, 0.4) is 0 Å². The molecule has 0 aliphatic heterocycles. The van der Waals surface area contributed by atoms with Crippen LogP contribution < -0.4 is 0 Å². The van der Waals surface area contributed by atoms with Crippen LogP contribution in [0.1, 0.15) is 66.7 Å². The van der Waals surface area contributed by atoms with Crippen LogP contribution in [0, 0.1) is 23.6 Å². The third-order valence-corrected chi connectivity index (χ3v) is 6.63. The summed E-state index contributed by atoms with van der Waals surface area (Å²) in [5.41, 5.74) is 1.16. The van der Waals surface area contributed by atoms with E-state index in [2.05, 4.69) is 24.5 Å². The lowest BCUT2D eigenvalue weighted by Gasteiger charge is -2.28. The molecule has 1 fully saturated rings. The van der Waals surface area contributed by atoms with E-state index in [1.54, 1.807) is 6.07 Å². The Hall–Kier alpha value is -3.06. The molecule has 0 spiro atoms. The zero-order valence-corrected chi connectivity index (χ0v) is 18.4. The molecule has 0 bridgehead atoms. The normalized spacial score (nSPS) is 18.5. The van der Waals surface area contributed by atoms with Gasteiger partial charge in [0.2, 0.25) is 0 Å². The average Bonchev–Trinajstić information content (AvgIpc) is 2.82. The largest absolute Gasteiger partial charge is 0.416 e. The van der Waals surface area contributed by atoms with Gasteiger partial charge in [-0.3, -0.25) is 0 Å². The summed E-state index contributed by atoms with van der Waals surface area (Å²) in [6.45, 7) is 3.81. The van der Waals surface area contributed by atoms with Crippen LogP contribution in [0.2, 0.25) is 0 Å². The molecule has 3 aromatic carbocycles. The van der Waals surface area contributed by atoms with Gasteiger partial charge in [-0.25, -0.2) is 4.39 Å². The lowest BCUT2D eigenvalue weighted by atomic mass is 9.77. The van der Waals surface area contributed by atoms with Gasteiger partial charge in [0.05, 0.1) is 11.1 Å². The Morgan fingerprint density at radius 3 is 2.30 bits per heavy atom. The maximum absolute atomic E-state index is 15.1. The Labute approximate surface area is 192 Å². The van der Waals surface area contributed by atoms with E-state index in [4.69, 9.17) is 0 Å². The van der Waals surface area contributed by atoms with E-state index >= 15 is 4.39 Å². The molecule has 0 unspecified atom stereocenters. The number of benzene rings is 3. The van der Waals surface area contributed by atoms with Crippen molar-refractivity contribution < 1.29 is 17.6 Å². The van der Waals surface area contributed by atoms with Crippen molar-refractivity contribution in [2.75, 3.05) is 0 Å². The predicted molar refractivity (Wildman–Crippen MR) is 125 cm³/mol. The molecule has 4 rings (SSSR count). The molecule has 0 radical (unpaired) electrons. The van der Waals surface area contributed by atoms with E-state index in [9.17, 15) is 13.2 Å². The maximum atomic E-state index is 15.1. The van der Waals surface area contributed by atoms with E-state index in [1.165, 1.54) is 37.0 Å². The zero-order chi connectivity index (χ0) is 23.4. The van der Waals surface area contributed by atoms with Crippen molar-refractivity contribution in [2.45, 2.75) is 50.6 Å². The fraction of sp³-hybridized carbons (Fsp3) is 0.310. The summed E-state index contributed by atoms with van der Waals surface area (Å²) in [4.78, 5) is 0. The number of fused-ring (bicyclic) bond motifs is 1. The molecular formula is C29H26F4. The summed E-state index contributed by atoms with van der Waals surface area (Å²) in [7, 11) is 0. The highest BCUT2D eigenvalue weighted by Crippen LogP contribution is 2.38. The minimum absolute atomic E-state index is 0.234. The number of allylic oxidation sites excluding steroid dienone is 1. The zero-order valence-electron chi connectivity index (χ0n) is 18.4. The molecule has 0 nitrogen and oxygen atoms in total. The summed E-state index contributed by atoms with van der Waals surface area (Å²) < 4.78 is 53.2. The smallest absolute Gasteiger partial charge is 0.205 e. The topological polar surface area (TPSA) is 0 Å². The van der Waals surface area contributed by atoms with Gasteiger partial charge in [-0.1, -0.05) is 42.2 Å². The van der Waals surface area contributed by atoms with E-state index in [0.717, 1.165) is 42.7 Å². The molecule has 4 heteroatoms. The third kappa shape index (κ3) is 5.47. The second-order valence-electron chi connectivity index (χ2n) is 8.82. The molecule has 0 aromatic heterocycles. The molecule has 0 atom stereocenters. The lowest BCUT2D eigenvalue weighted by Crippen LogP contribution is -2.13. The van der Waals surface area contributed by atoms with Crippen molar-refractivity contribution in [3.05, 3.63) is 95.3 Å². The van der Waals surface area contributed by atoms with Gasteiger partial charge in [0, 0.05) is 10.9 Å². The molecule has 1 saturated carbocycles. The first-order chi connectivity index (χ1) is 15.8. The minimum atomic E-state index is -4.39. The average molecular weight is 451 g/mol. The second-order valence-corrected chi connectivity index (χ2v) is 8.82. The first-order valence-electron chi connectivity index (χ1n) is 11.4. The maximum Gasteiger partial charge on any atom is 0.416 e. The van der Waals surface area contributed by atoms with Crippen molar-refractivity contribution in [3.63, 3.8) is 0 Å². The molecular weight excluding hydrogens is 424 g/mol. The highest BCUT2D eigenvalue weighted by molar-refractivity contribution is 5.85. The molecule has 3 aromatic rings. The van der Waals surface area contributed by atoms with Crippen LogP contribution in [0.5, 0.6) is 0 Å². The Bertz CT molecular complexity index is 1180. The Kier molecular flexibility index (Phi) is 6.88. The van der Waals surface area contributed by atoms with E-state index in [1.807, 2.05) is 24.3 Å². The van der Waals surface area contributed by atoms with E-state index in [0.29, 0.717) is 16.9 Å². The van der Waals surface area contributed by atoms with Crippen molar-refractivity contribution in [1.82, 2.24) is 0 Å². The van der Waals surface area contributed by atoms with Crippen LogP contribution in [0.25, 0.3) is 10.8 Å². The lowest BCUT2D eigenvalue weighted by molar-refractivity contribution is -0.137. The molecule has 0 N–H and O–H groups in total. The first-order valence-corrected chi connectivity index (χ1v) is 11.4. The minimum Gasteiger partial charge on any atom is -0.205 e. The fourth-order valence-corrected chi connectivity index (χ4v) is 4.68. The second kappa shape index (κ2) is 9.83. The highest BCUT2D eigenvalue weighted by Gasteiger charge is 2.29. The van der Waals surface area contributed by atoms with Crippen molar-refractivity contribution in [3.8, 4) is 11.8 Å². The molecule has 0 amide bonds. The van der Waals surface area contributed by atoms with Gasteiger partial charge < -0.3 is 0 Å². The van der Waals surface area contributed by atoms with Gasteiger partial charge in [-0.05, 0) is 91.6 Å². The Morgan fingerprint density at radius 2 is 1.64 bits per heavy atom. The summed E-state index contributed by atoms with van der Waals surface area (Å²) in [5, 5.41) is 1.36. The molecule has 170 valence electrons. The van der Waals surface area contributed by atoms with Crippen LogP contribution in [-0.2, 0) is 6.18 Å². The highest BCUT2D eigenvalue weighted by atomic mass is 19.4. The summed E-state index contributed by atoms with van der Waals surface area (Å²) in [6.07, 6.45) is 4.67. The van der Waals surface area contributed by atoms with Crippen LogP contribution >= 0.6 is 0 Å². The predicted octanol–water partition coefficient (Wildman–Crippen LogP) is 8.64. The van der Waals surface area contributed by atoms with Crippen LogP contribution in [0.4, 0.5) is 17.6 Å². The summed E-state index contributed by atoms with van der Waals surface area (Å²) in [6, 6.07) is 14.0. The summed E-state index contributed by atoms with van der Waals surface area (Å²) >= 11 is 0.